The lowest BCUT2D eigenvalue weighted by atomic mass is 10.2. The molecule has 1 unspecified atom stereocenters. The Hall–Kier alpha value is -0.580. The SMILES string of the molecule is CC1CN(c2ncccn2)CCN1C.Cl.Cl. The van der Waals surface area contributed by atoms with Crippen LogP contribution in [-0.2, 0) is 0 Å². The van der Waals surface area contributed by atoms with Crippen molar-refractivity contribution in [1.82, 2.24) is 14.9 Å². The zero-order valence-corrected chi connectivity index (χ0v) is 11.2. The fraction of sp³-hybridized carbons (Fsp3) is 0.600. The summed E-state index contributed by atoms with van der Waals surface area (Å²) in [7, 11) is 2.16. The molecule has 1 aromatic heterocycles. The van der Waals surface area contributed by atoms with Gasteiger partial charge in [-0.1, -0.05) is 0 Å². The first kappa shape index (κ1) is 15.4. The van der Waals surface area contributed by atoms with Crippen molar-refractivity contribution in [3.63, 3.8) is 0 Å². The summed E-state index contributed by atoms with van der Waals surface area (Å²) in [5.74, 6) is 0.854. The van der Waals surface area contributed by atoms with E-state index in [2.05, 4.69) is 33.7 Å². The second-order valence-corrected chi connectivity index (χ2v) is 3.82. The molecule has 0 saturated carbocycles. The Labute approximate surface area is 109 Å². The van der Waals surface area contributed by atoms with E-state index in [0.717, 1.165) is 25.6 Å². The summed E-state index contributed by atoms with van der Waals surface area (Å²) >= 11 is 0. The number of nitrogens with zero attached hydrogens (tertiary/aromatic N) is 4. The minimum absolute atomic E-state index is 0. The maximum Gasteiger partial charge on any atom is 0.225 e. The molecule has 6 heteroatoms. The van der Waals surface area contributed by atoms with Crippen molar-refractivity contribution in [3.8, 4) is 0 Å². The minimum Gasteiger partial charge on any atom is -0.338 e. The van der Waals surface area contributed by atoms with Gasteiger partial charge >= 0.3 is 0 Å². The van der Waals surface area contributed by atoms with Crippen LogP contribution in [0.25, 0.3) is 0 Å². The minimum atomic E-state index is 0. The number of anilines is 1. The molecule has 0 aromatic carbocycles. The second-order valence-electron chi connectivity index (χ2n) is 3.82. The highest BCUT2D eigenvalue weighted by Gasteiger charge is 2.21. The molecule has 1 fully saturated rings. The van der Waals surface area contributed by atoms with Gasteiger partial charge in [-0.2, -0.15) is 0 Å². The Morgan fingerprint density at radius 2 is 1.81 bits per heavy atom. The van der Waals surface area contributed by atoms with Crippen LogP contribution >= 0.6 is 24.8 Å². The van der Waals surface area contributed by atoms with Gasteiger partial charge in [0.15, 0.2) is 0 Å². The molecule has 1 aromatic rings. The van der Waals surface area contributed by atoms with Crippen LogP contribution in [0.1, 0.15) is 6.92 Å². The first-order valence-electron chi connectivity index (χ1n) is 4.99. The van der Waals surface area contributed by atoms with Gasteiger partial charge in [-0.15, -0.1) is 24.8 Å². The predicted octanol–water partition coefficient (Wildman–Crippen LogP) is 1.46. The third-order valence-corrected chi connectivity index (χ3v) is 2.79. The van der Waals surface area contributed by atoms with Crippen molar-refractivity contribution < 1.29 is 0 Å². The molecule has 1 aliphatic heterocycles. The van der Waals surface area contributed by atoms with Crippen LogP contribution in [0.4, 0.5) is 5.95 Å². The maximum atomic E-state index is 4.26. The Balaban J connectivity index is 0.00000112. The third kappa shape index (κ3) is 3.47. The molecule has 0 aliphatic carbocycles. The van der Waals surface area contributed by atoms with E-state index in [0.29, 0.717) is 6.04 Å². The maximum absolute atomic E-state index is 4.26. The van der Waals surface area contributed by atoms with Crippen molar-refractivity contribution in [2.24, 2.45) is 0 Å². The topological polar surface area (TPSA) is 32.3 Å². The molecular weight excluding hydrogens is 247 g/mol. The number of piperazine rings is 1. The average molecular weight is 265 g/mol. The molecule has 2 heterocycles. The molecule has 0 bridgehead atoms. The van der Waals surface area contributed by atoms with Crippen molar-refractivity contribution in [2.45, 2.75) is 13.0 Å². The third-order valence-electron chi connectivity index (χ3n) is 2.79. The first-order chi connectivity index (χ1) is 6.77. The predicted molar refractivity (Wildman–Crippen MR) is 70.8 cm³/mol. The highest BCUT2D eigenvalue weighted by molar-refractivity contribution is 5.85. The molecular formula is C10H18Cl2N4. The number of rotatable bonds is 1. The van der Waals surface area contributed by atoms with E-state index in [1.807, 2.05) is 6.07 Å². The van der Waals surface area contributed by atoms with Gasteiger partial charge in [0.1, 0.15) is 0 Å². The molecule has 16 heavy (non-hydrogen) atoms. The molecule has 2 rings (SSSR count). The van der Waals surface area contributed by atoms with Crippen molar-refractivity contribution in [3.05, 3.63) is 18.5 Å². The van der Waals surface area contributed by atoms with E-state index < -0.39 is 0 Å². The monoisotopic (exact) mass is 264 g/mol. The smallest absolute Gasteiger partial charge is 0.225 e. The standard InChI is InChI=1S/C10H16N4.2ClH/c1-9-8-14(7-6-13(9)2)10-11-4-3-5-12-10;;/h3-5,9H,6-8H2,1-2H3;2*1H. The number of halogens is 2. The Morgan fingerprint density at radius 1 is 1.19 bits per heavy atom. The average Bonchev–Trinajstić information content (AvgIpc) is 2.23. The Morgan fingerprint density at radius 3 is 2.38 bits per heavy atom. The molecule has 92 valence electrons. The molecule has 0 N–H and O–H groups in total. The van der Waals surface area contributed by atoms with Crippen LogP contribution in [0.5, 0.6) is 0 Å². The van der Waals surface area contributed by atoms with Crippen LogP contribution in [0, 0.1) is 0 Å². The molecule has 0 amide bonds. The summed E-state index contributed by atoms with van der Waals surface area (Å²) in [5.41, 5.74) is 0. The lowest BCUT2D eigenvalue weighted by Gasteiger charge is -2.37. The largest absolute Gasteiger partial charge is 0.338 e. The number of hydrogen-bond acceptors (Lipinski definition) is 4. The summed E-state index contributed by atoms with van der Waals surface area (Å²) in [4.78, 5) is 13.1. The fourth-order valence-corrected chi connectivity index (χ4v) is 1.68. The van der Waals surface area contributed by atoms with Crippen molar-refractivity contribution >= 4 is 30.8 Å². The Bertz CT molecular complexity index is 296. The second kappa shape index (κ2) is 6.89. The van der Waals surface area contributed by atoms with Gasteiger partial charge in [0.2, 0.25) is 5.95 Å². The highest BCUT2D eigenvalue weighted by atomic mass is 35.5. The van der Waals surface area contributed by atoms with E-state index in [1.165, 1.54) is 0 Å². The number of aromatic nitrogens is 2. The summed E-state index contributed by atoms with van der Waals surface area (Å²) < 4.78 is 0. The van der Waals surface area contributed by atoms with E-state index in [-0.39, 0.29) is 24.8 Å². The van der Waals surface area contributed by atoms with Gasteiger partial charge in [-0.05, 0) is 20.0 Å². The zero-order chi connectivity index (χ0) is 9.97. The van der Waals surface area contributed by atoms with Crippen LogP contribution in [0.3, 0.4) is 0 Å². The van der Waals surface area contributed by atoms with Crippen molar-refractivity contribution in [2.75, 3.05) is 31.6 Å². The molecule has 1 aliphatic rings. The van der Waals surface area contributed by atoms with E-state index in [1.54, 1.807) is 12.4 Å². The van der Waals surface area contributed by atoms with Gasteiger partial charge in [0.05, 0.1) is 0 Å². The van der Waals surface area contributed by atoms with Gasteiger partial charge in [-0.3, -0.25) is 0 Å². The van der Waals surface area contributed by atoms with Crippen LogP contribution in [0.2, 0.25) is 0 Å². The van der Waals surface area contributed by atoms with Gasteiger partial charge < -0.3 is 9.80 Å². The molecule has 1 atom stereocenters. The molecule has 0 spiro atoms. The number of hydrogen-bond donors (Lipinski definition) is 0. The first-order valence-corrected chi connectivity index (χ1v) is 4.99. The van der Waals surface area contributed by atoms with E-state index in [4.69, 9.17) is 0 Å². The zero-order valence-electron chi connectivity index (χ0n) is 9.54. The molecule has 1 saturated heterocycles. The molecule has 0 radical (unpaired) electrons. The lowest BCUT2D eigenvalue weighted by Crippen LogP contribution is -2.50. The summed E-state index contributed by atoms with van der Waals surface area (Å²) in [6.45, 7) is 5.35. The highest BCUT2D eigenvalue weighted by Crippen LogP contribution is 2.12. The number of likely N-dealkylation sites (N-methyl/N-ethyl adjacent to an activating group) is 1. The summed E-state index contributed by atoms with van der Waals surface area (Å²) in [5, 5.41) is 0. The lowest BCUT2D eigenvalue weighted by molar-refractivity contribution is 0.233. The van der Waals surface area contributed by atoms with E-state index >= 15 is 0 Å². The normalized spacial score (nSPS) is 20.9. The summed E-state index contributed by atoms with van der Waals surface area (Å²) in [6.07, 6.45) is 3.59. The van der Waals surface area contributed by atoms with Crippen molar-refractivity contribution in [1.29, 1.82) is 0 Å². The quantitative estimate of drug-likeness (QED) is 0.769. The van der Waals surface area contributed by atoms with Gasteiger partial charge in [0, 0.05) is 38.1 Å². The molecule has 4 nitrogen and oxygen atoms in total. The fourth-order valence-electron chi connectivity index (χ4n) is 1.68. The van der Waals surface area contributed by atoms with Gasteiger partial charge in [-0.25, -0.2) is 9.97 Å². The van der Waals surface area contributed by atoms with Crippen LogP contribution in [-0.4, -0.2) is 47.6 Å². The van der Waals surface area contributed by atoms with Gasteiger partial charge in [0.25, 0.3) is 0 Å². The van der Waals surface area contributed by atoms with E-state index in [9.17, 15) is 0 Å². The summed E-state index contributed by atoms with van der Waals surface area (Å²) in [6, 6.07) is 2.43. The Kier molecular flexibility index (Phi) is 6.64. The van der Waals surface area contributed by atoms with Crippen LogP contribution in [0.15, 0.2) is 18.5 Å². The van der Waals surface area contributed by atoms with Crippen LogP contribution < -0.4 is 4.90 Å².